The van der Waals surface area contributed by atoms with Crippen LogP contribution < -0.4 is 4.46 Å². The second-order valence-electron chi connectivity index (χ2n) is 3.46. The maximum atomic E-state index is 11.0. The van der Waals surface area contributed by atoms with E-state index in [0.717, 1.165) is 10.0 Å². The van der Waals surface area contributed by atoms with Crippen molar-refractivity contribution in [1.29, 1.82) is 0 Å². The van der Waals surface area contributed by atoms with Crippen LogP contribution in [0.25, 0.3) is 0 Å². The third-order valence-corrected chi connectivity index (χ3v) is 3.34. The van der Waals surface area contributed by atoms with Crippen LogP contribution in [-0.4, -0.2) is 33.5 Å². The normalized spacial score (nSPS) is 10.7. The van der Waals surface area contributed by atoms with E-state index in [2.05, 4.69) is 0 Å². The zero-order chi connectivity index (χ0) is 11.4. The Kier molecular flexibility index (Phi) is 4.33. The Morgan fingerprint density at radius 2 is 2.13 bits per heavy atom. The van der Waals surface area contributed by atoms with Gasteiger partial charge in [0.2, 0.25) is 0 Å². The van der Waals surface area contributed by atoms with E-state index in [-0.39, 0.29) is 21.2 Å². The van der Waals surface area contributed by atoms with Crippen molar-refractivity contribution in [3.05, 3.63) is 29.3 Å². The predicted octanol–water partition coefficient (Wildman–Crippen LogP) is 1.40. The van der Waals surface area contributed by atoms with E-state index in [9.17, 15) is 4.79 Å². The van der Waals surface area contributed by atoms with Gasteiger partial charge < -0.3 is 0 Å². The molecule has 0 fully saturated rings. The van der Waals surface area contributed by atoms with Crippen molar-refractivity contribution in [2.75, 3.05) is 7.11 Å². The van der Waals surface area contributed by atoms with E-state index in [1.54, 1.807) is 13.2 Å². The van der Waals surface area contributed by atoms with Crippen LogP contribution in [0.4, 0.5) is 0 Å². The summed E-state index contributed by atoms with van der Waals surface area (Å²) in [4.78, 5) is 11.0. The Hall–Kier alpha value is -0.831. The molecular formula is C11H14O3Se. The first-order chi connectivity index (χ1) is 7.06. The predicted molar refractivity (Wildman–Crippen MR) is 59.9 cm³/mol. The van der Waals surface area contributed by atoms with Crippen molar-refractivity contribution in [3.8, 4) is 0 Å². The average Bonchev–Trinajstić information content (AvgIpc) is 2.17. The van der Waals surface area contributed by atoms with Gasteiger partial charge in [-0.1, -0.05) is 0 Å². The van der Waals surface area contributed by atoms with Crippen molar-refractivity contribution >= 4 is 25.7 Å². The first-order valence-electron chi connectivity index (χ1n) is 4.64. The molecule has 0 radical (unpaired) electrons. The van der Waals surface area contributed by atoms with Gasteiger partial charge in [0.25, 0.3) is 0 Å². The van der Waals surface area contributed by atoms with Crippen LogP contribution in [0, 0.1) is 0 Å². The van der Waals surface area contributed by atoms with E-state index < -0.39 is 5.97 Å². The molecule has 1 aromatic rings. The van der Waals surface area contributed by atoms with Gasteiger partial charge in [-0.05, 0) is 0 Å². The van der Waals surface area contributed by atoms with E-state index in [1.165, 1.54) is 0 Å². The molecule has 0 amide bonds. The summed E-state index contributed by atoms with van der Waals surface area (Å²) >= 11 is -0.0271. The Bertz CT molecular complexity index is 361. The molecule has 1 aromatic carbocycles. The Morgan fingerprint density at radius 1 is 1.47 bits per heavy atom. The molecule has 15 heavy (non-hydrogen) atoms. The number of benzene rings is 1. The van der Waals surface area contributed by atoms with Gasteiger partial charge in [-0.25, -0.2) is 0 Å². The third-order valence-electron chi connectivity index (χ3n) is 2.06. The molecule has 1 rings (SSSR count). The summed E-state index contributed by atoms with van der Waals surface area (Å²) in [6, 6.07) is 5.41. The number of rotatable bonds is 4. The monoisotopic (exact) mass is 274 g/mol. The summed E-state index contributed by atoms with van der Waals surface area (Å²) in [5, 5.41) is 9.01. The van der Waals surface area contributed by atoms with Gasteiger partial charge >= 0.3 is 95.6 Å². The third kappa shape index (κ3) is 3.06. The molecular weight excluding hydrogens is 259 g/mol. The summed E-state index contributed by atoms with van der Waals surface area (Å²) in [7, 11) is 1.65. The van der Waals surface area contributed by atoms with Crippen LogP contribution in [-0.2, 0) is 3.82 Å². The van der Waals surface area contributed by atoms with Crippen molar-refractivity contribution in [2.45, 2.75) is 19.8 Å². The molecule has 0 aliphatic heterocycles. The van der Waals surface area contributed by atoms with Gasteiger partial charge in [0.05, 0.1) is 0 Å². The zero-order valence-corrected chi connectivity index (χ0v) is 10.7. The quantitative estimate of drug-likeness (QED) is 0.843. The summed E-state index contributed by atoms with van der Waals surface area (Å²) in [6.45, 7) is 3.98. The number of aromatic carboxylic acids is 1. The van der Waals surface area contributed by atoms with Crippen molar-refractivity contribution in [2.24, 2.45) is 0 Å². The van der Waals surface area contributed by atoms with Gasteiger partial charge in [-0.2, -0.15) is 0 Å². The van der Waals surface area contributed by atoms with Gasteiger partial charge in [0.15, 0.2) is 0 Å². The molecule has 0 heterocycles. The van der Waals surface area contributed by atoms with E-state index in [0.29, 0.717) is 5.56 Å². The molecule has 0 unspecified atom stereocenters. The van der Waals surface area contributed by atoms with Crippen molar-refractivity contribution in [3.63, 3.8) is 0 Å². The molecule has 0 bridgehead atoms. The summed E-state index contributed by atoms with van der Waals surface area (Å²) < 4.78 is 6.15. The maximum absolute atomic E-state index is 11.0. The van der Waals surface area contributed by atoms with Crippen LogP contribution in [0.15, 0.2) is 18.2 Å². The Balaban J connectivity index is 3.15. The van der Waals surface area contributed by atoms with Crippen LogP contribution in [0.2, 0.25) is 0 Å². The molecule has 0 saturated heterocycles. The summed E-state index contributed by atoms with van der Waals surface area (Å²) in [5.41, 5.74) is 1.26. The number of hydrogen-bond donors (Lipinski definition) is 1. The fraction of sp³-hybridized carbons (Fsp3) is 0.364. The first-order valence-corrected chi connectivity index (χ1v) is 6.19. The van der Waals surface area contributed by atoms with Gasteiger partial charge in [-0.3, -0.25) is 0 Å². The molecule has 0 atom stereocenters. The minimum absolute atomic E-state index is 0.0271. The fourth-order valence-corrected chi connectivity index (χ4v) is 2.39. The van der Waals surface area contributed by atoms with Crippen molar-refractivity contribution < 1.29 is 13.7 Å². The number of carboxylic acid groups (broad SMARTS) is 1. The minimum atomic E-state index is -0.866. The molecule has 0 aliphatic carbocycles. The first kappa shape index (κ1) is 12.2. The Morgan fingerprint density at radius 3 is 2.60 bits per heavy atom. The van der Waals surface area contributed by atoms with Crippen LogP contribution in [0.1, 0.15) is 35.7 Å². The number of carbonyl (C=O) groups is 1. The SMILES string of the molecule is CO[Se]c1ccc(C(=O)O)c(C(C)C)c1. The van der Waals surface area contributed by atoms with E-state index >= 15 is 0 Å². The summed E-state index contributed by atoms with van der Waals surface area (Å²) in [5.74, 6) is -0.654. The second kappa shape index (κ2) is 5.31. The molecule has 0 spiro atoms. The molecule has 0 aromatic heterocycles. The van der Waals surface area contributed by atoms with Crippen molar-refractivity contribution in [1.82, 2.24) is 0 Å². The second-order valence-corrected chi connectivity index (χ2v) is 5.50. The molecule has 3 nitrogen and oxygen atoms in total. The standard InChI is InChI=1S/C11H14O3Se/c1-7(2)10-6-8(15-14-3)4-5-9(10)11(12)13/h4-7H,1-3H3,(H,12,13). The van der Waals surface area contributed by atoms with Gasteiger partial charge in [-0.15, -0.1) is 0 Å². The topological polar surface area (TPSA) is 46.5 Å². The molecule has 82 valence electrons. The van der Waals surface area contributed by atoms with Gasteiger partial charge in [0.1, 0.15) is 0 Å². The average molecular weight is 273 g/mol. The zero-order valence-electron chi connectivity index (χ0n) is 8.98. The van der Waals surface area contributed by atoms with Crippen LogP contribution in [0.5, 0.6) is 0 Å². The molecule has 0 aliphatic rings. The number of carboxylic acids is 1. The number of hydrogen-bond acceptors (Lipinski definition) is 2. The summed E-state index contributed by atoms with van der Waals surface area (Å²) in [6.07, 6.45) is 0. The fourth-order valence-electron chi connectivity index (χ4n) is 1.36. The van der Waals surface area contributed by atoms with E-state index in [4.69, 9.17) is 8.93 Å². The molecule has 4 heteroatoms. The van der Waals surface area contributed by atoms with Crippen LogP contribution >= 0.6 is 0 Å². The molecule has 1 N–H and O–H groups in total. The van der Waals surface area contributed by atoms with Crippen LogP contribution in [0.3, 0.4) is 0 Å². The van der Waals surface area contributed by atoms with E-state index in [1.807, 2.05) is 26.0 Å². The molecule has 0 saturated carbocycles. The Labute approximate surface area is 95.9 Å². The van der Waals surface area contributed by atoms with Gasteiger partial charge in [0, 0.05) is 0 Å².